The number of rotatable bonds is 0. The minimum absolute atomic E-state index is 1.29. The molecule has 0 nitrogen and oxygen atoms in total. The molecule has 0 spiro atoms. The van der Waals surface area contributed by atoms with Gasteiger partial charge in [0.05, 0.1) is 0 Å². The van der Waals surface area contributed by atoms with Gasteiger partial charge in [0.15, 0.2) is 0 Å². The Balaban J connectivity index is 2.32. The molecule has 25 valence electrons. The van der Waals surface area contributed by atoms with E-state index in [4.69, 9.17) is 0 Å². The molecule has 0 saturated heterocycles. The fourth-order valence-electron chi connectivity index (χ4n) is 0. The van der Waals surface area contributed by atoms with Crippen molar-refractivity contribution < 1.29 is 18.2 Å². The van der Waals surface area contributed by atoms with Gasteiger partial charge in [0, 0.05) is 0 Å². The van der Waals surface area contributed by atoms with Gasteiger partial charge in [-0.3, -0.25) is 0 Å². The Labute approximate surface area is 50.4 Å². The van der Waals surface area contributed by atoms with Crippen molar-refractivity contribution in [2.24, 2.45) is 0 Å². The molecular formula is Br3U. The normalized spacial score (nSPS) is 6.75. The molecule has 0 aliphatic heterocycles. The van der Waals surface area contributed by atoms with E-state index in [-0.39, 0.29) is 0 Å². The predicted octanol–water partition coefficient (Wildman–Crippen LogP) is 2.54. The van der Waals surface area contributed by atoms with Gasteiger partial charge < -0.3 is 0 Å². The van der Waals surface area contributed by atoms with Crippen LogP contribution >= 0.6 is 33.5 Å². The second-order valence-electron chi connectivity index (χ2n) is 0.214. The Hall–Kier alpha value is 2.49. The molecule has 0 rings (SSSR count). The van der Waals surface area contributed by atoms with E-state index < -0.39 is 18.2 Å². The zero-order valence-corrected chi connectivity index (χ0v) is 10.6. The van der Waals surface area contributed by atoms with Gasteiger partial charge in [-0.05, 0) is 0 Å². The second-order valence-corrected chi connectivity index (χ2v) is 54.0. The SMILES string of the molecule is [Br][U]([Br])[Br]. The van der Waals surface area contributed by atoms with Gasteiger partial charge in [-0.1, -0.05) is 0 Å². The Morgan fingerprint density at radius 3 is 1.00 bits per heavy atom. The Morgan fingerprint density at radius 1 is 1.00 bits per heavy atom. The standard InChI is InChI=1S/3BrH.U/h3*1H;/q;;;+3/p-3. The predicted molar refractivity (Wildman–Crippen MR) is 26.8 cm³/mol. The van der Waals surface area contributed by atoms with Crippen LogP contribution in [0.5, 0.6) is 0 Å². The van der Waals surface area contributed by atoms with Crippen molar-refractivity contribution in [1.29, 1.82) is 0 Å². The summed E-state index contributed by atoms with van der Waals surface area (Å²) in [4.78, 5) is 0. The minimum atomic E-state index is -1.29. The van der Waals surface area contributed by atoms with E-state index in [2.05, 4.69) is 33.5 Å². The Morgan fingerprint density at radius 2 is 1.00 bits per heavy atom. The van der Waals surface area contributed by atoms with E-state index in [1.165, 1.54) is 0 Å². The van der Waals surface area contributed by atoms with Crippen molar-refractivity contribution >= 4 is 33.5 Å². The first kappa shape index (κ1) is 6.49. The van der Waals surface area contributed by atoms with Gasteiger partial charge in [-0.25, -0.2) is 0 Å². The molecule has 0 aromatic heterocycles. The van der Waals surface area contributed by atoms with Crippen molar-refractivity contribution in [2.45, 2.75) is 0 Å². The van der Waals surface area contributed by atoms with Crippen LogP contribution in [0.4, 0.5) is 0 Å². The van der Waals surface area contributed by atoms with Crippen LogP contribution < -0.4 is 0 Å². The maximum absolute atomic E-state index is 3.33. The first-order valence-corrected chi connectivity index (χ1v) is 27.5. The molecule has 0 amide bonds. The van der Waals surface area contributed by atoms with E-state index in [1.807, 2.05) is 0 Å². The van der Waals surface area contributed by atoms with Crippen LogP contribution in [0.2, 0.25) is 0 Å². The molecule has 0 aliphatic carbocycles. The van der Waals surface area contributed by atoms with Crippen LogP contribution in [0.15, 0.2) is 0 Å². The second kappa shape index (κ2) is 3.67. The van der Waals surface area contributed by atoms with Gasteiger partial charge in [0.25, 0.3) is 0 Å². The van der Waals surface area contributed by atoms with Crippen molar-refractivity contribution in [3.05, 3.63) is 0 Å². The summed E-state index contributed by atoms with van der Waals surface area (Å²) in [5, 5.41) is 0. The average molecular weight is 478 g/mol. The molecular weight excluding hydrogens is 478 g/mol. The molecule has 0 heterocycles. The first-order chi connectivity index (χ1) is 1.73. The van der Waals surface area contributed by atoms with Crippen LogP contribution in [0, 0.1) is 18.2 Å². The molecule has 0 unspecified atom stereocenters. The molecule has 0 fully saturated rings. The van der Waals surface area contributed by atoms with E-state index in [1.54, 1.807) is 0 Å². The molecule has 0 aromatic rings. The van der Waals surface area contributed by atoms with Gasteiger partial charge in [-0.2, -0.15) is 0 Å². The van der Waals surface area contributed by atoms with Crippen molar-refractivity contribution in [3.8, 4) is 0 Å². The first-order valence-electron chi connectivity index (χ1n) is 0.567. The van der Waals surface area contributed by atoms with Crippen LogP contribution in [-0.4, -0.2) is 0 Å². The van der Waals surface area contributed by atoms with Crippen LogP contribution in [-0.2, 0) is 0 Å². The quantitative estimate of drug-likeness (QED) is 0.503. The summed E-state index contributed by atoms with van der Waals surface area (Å²) in [6, 6.07) is 0. The van der Waals surface area contributed by atoms with Crippen molar-refractivity contribution in [2.75, 3.05) is 0 Å². The Bertz CT molecular complexity index is 8.00. The summed E-state index contributed by atoms with van der Waals surface area (Å²) in [6.07, 6.45) is 0. The summed E-state index contributed by atoms with van der Waals surface area (Å²) >= 11 is 8.69. The molecule has 4 heteroatoms. The van der Waals surface area contributed by atoms with Crippen LogP contribution in [0.1, 0.15) is 0 Å². The fraction of sp³-hybridized carbons (Fsp3) is 0. The van der Waals surface area contributed by atoms with Gasteiger partial charge in [0.2, 0.25) is 0 Å². The molecule has 0 aromatic carbocycles. The third kappa shape index (κ3) is 8.82. The monoisotopic (exact) mass is 475 g/mol. The molecule has 0 N–H and O–H groups in total. The zero-order valence-electron chi connectivity index (χ0n) is 1.63. The summed E-state index contributed by atoms with van der Waals surface area (Å²) in [6.45, 7) is 0. The van der Waals surface area contributed by atoms with E-state index in [9.17, 15) is 0 Å². The molecule has 0 radical (unpaired) electrons. The maximum atomic E-state index is 3.33. The molecule has 4 heavy (non-hydrogen) atoms. The number of hydrogen-bond acceptors (Lipinski definition) is 0. The number of hydrogen-bond donors (Lipinski definition) is 0. The van der Waals surface area contributed by atoms with Gasteiger partial charge >= 0.3 is 51.7 Å². The molecule has 0 bridgehead atoms. The van der Waals surface area contributed by atoms with Gasteiger partial charge in [-0.15, -0.1) is 0 Å². The van der Waals surface area contributed by atoms with Crippen molar-refractivity contribution in [1.82, 2.24) is 0 Å². The van der Waals surface area contributed by atoms with Gasteiger partial charge in [0.1, 0.15) is 0 Å². The van der Waals surface area contributed by atoms with E-state index in [0.717, 1.165) is 0 Å². The Kier molecular flexibility index (Phi) is 5.96. The number of halogens is 3. The third-order valence-corrected chi connectivity index (χ3v) is 0. The summed E-state index contributed by atoms with van der Waals surface area (Å²) in [7, 11) is 0. The molecule has 0 atom stereocenters. The summed E-state index contributed by atoms with van der Waals surface area (Å²) in [5.41, 5.74) is 0. The summed E-state index contributed by atoms with van der Waals surface area (Å²) in [5.74, 6) is 0. The molecule has 0 saturated carbocycles. The average Bonchev–Trinajstić information content (AvgIpc) is 0.811. The summed E-state index contributed by atoms with van der Waals surface area (Å²) < 4.78 is 0. The third-order valence-electron chi connectivity index (χ3n) is 0. The van der Waals surface area contributed by atoms with Crippen molar-refractivity contribution in [3.63, 3.8) is 0 Å². The van der Waals surface area contributed by atoms with Crippen LogP contribution in [0.25, 0.3) is 0 Å². The van der Waals surface area contributed by atoms with Crippen LogP contribution in [0.3, 0.4) is 0 Å². The van der Waals surface area contributed by atoms with E-state index >= 15 is 0 Å². The zero-order chi connectivity index (χ0) is 3.58. The molecule has 0 aliphatic rings. The topological polar surface area (TPSA) is 0 Å². The van der Waals surface area contributed by atoms with E-state index in [0.29, 0.717) is 0 Å². The fourth-order valence-corrected chi connectivity index (χ4v) is 0.